The highest BCUT2D eigenvalue weighted by Gasteiger charge is 2.30. The zero-order valence-electron chi connectivity index (χ0n) is 17.8. The number of aryl methyl sites for hydroxylation is 1. The molecule has 11 heteroatoms. The van der Waals surface area contributed by atoms with Crippen LogP contribution in [0.3, 0.4) is 0 Å². The Balaban J connectivity index is 1.83. The van der Waals surface area contributed by atoms with Crippen LogP contribution >= 0.6 is 11.6 Å². The molecule has 0 bridgehead atoms. The maximum absolute atomic E-state index is 13.2. The van der Waals surface area contributed by atoms with Crippen LogP contribution in [0.15, 0.2) is 82.8 Å². The summed E-state index contributed by atoms with van der Waals surface area (Å²) < 4.78 is 65.9. The van der Waals surface area contributed by atoms with Crippen LogP contribution in [0.4, 0.5) is 18.9 Å². The number of anilines is 1. The fourth-order valence-corrected chi connectivity index (χ4v) is 4.52. The number of hydrogen-bond acceptors (Lipinski definition) is 4. The molecule has 3 aromatic rings. The van der Waals surface area contributed by atoms with Gasteiger partial charge in [0, 0.05) is 5.02 Å². The molecule has 0 aliphatic heterocycles. The molecular formula is C23H19ClF3N3O3S. The number of alkyl halides is 3. The number of halogens is 4. The van der Waals surface area contributed by atoms with Crippen molar-refractivity contribution in [3.05, 3.63) is 94.5 Å². The fourth-order valence-electron chi connectivity index (χ4n) is 2.91. The van der Waals surface area contributed by atoms with Crippen molar-refractivity contribution >= 4 is 39.4 Å². The van der Waals surface area contributed by atoms with Crippen LogP contribution < -0.4 is 9.73 Å². The zero-order valence-corrected chi connectivity index (χ0v) is 19.3. The van der Waals surface area contributed by atoms with E-state index >= 15 is 0 Å². The zero-order chi connectivity index (χ0) is 24.9. The van der Waals surface area contributed by atoms with Gasteiger partial charge in [-0.05, 0) is 54.4 Å². The predicted molar refractivity (Wildman–Crippen MR) is 124 cm³/mol. The lowest BCUT2D eigenvalue weighted by Crippen LogP contribution is -2.39. The van der Waals surface area contributed by atoms with Crippen LogP contribution in [0.2, 0.25) is 5.02 Å². The number of hydrogen-bond donors (Lipinski definition) is 1. The van der Waals surface area contributed by atoms with Gasteiger partial charge < -0.3 is 0 Å². The monoisotopic (exact) mass is 509 g/mol. The summed E-state index contributed by atoms with van der Waals surface area (Å²) in [6.45, 7) is 1.11. The Morgan fingerprint density at radius 2 is 1.76 bits per heavy atom. The summed E-state index contributed by atoms with van der Waals surface area (Å²) in [5.74, 6) is -0.806. The first-order valence-corrected chi connectivity index (χ1v) is 11.6. The second kappa shape index (κ2) is 10.3. The SMILES string of the molecule is Cc1ccc(N(CC(=O)NN=Cc2cccc(C(F)(F)F)c2)S(=O)(=O)c2ccccc2)cc1Cl. The summed E-state index contributed by atoms with van der Waals surface area (Å²) in [5.41, 5.74) is 2.28. The molecule has 178 valence electrons. The molecule has 0 aliphatic carbocycles. The van der Waals surface area contributed by atoms with E-state index in [1.54, 1.807) is 31.2 Å². The molecule has 6 nitrogen and oxygen atoms in total. The normalized spacial score (nSPS) is 12.0. The highest BCUT2D eigenvalue weighted by molar-refractivity contribution is 7.92. The minimum atomic E-state index is -4.52. The third kappa shape index (κ3) is 6.15. The van der Waals surface area contributed by atoms with Gasteiger partial charge in [-0.2, -0.15) is 18.3 Å². The van der Waals surface area contributed by atoms with Crippen molar-refractivity contribution in [3.8, 4) is 0 Å². The van der Waals surface area contributed by atoms with Crippen molar-refractivity contribution in [2.45, 2.75) is 18.0 Å². The Kier molecular flexibility index (Phi) is 7.63. The summed E-state index contributed by atoms with van der Waals surface area (Å²) in [6.07, 6.45) is -3.49. The summed E-state index contributed by atoms with van der Waals surface area (Å²) >= 11 is 6.16. The molecule has 0 saturated carbocycles. The molecule has 34 heavy (non-hydrogen) atoms. The fraction of sp³-hybridized carbons (Fsp3) is 0.130. The smallest absolute Gasteiger partial charge is 0.271 e. The average molecular weight is 510 g/mol. The van der Waals surface area contributed by atoms with Gasteiger partial charge >= 0.3 is 6.18 Å². The number of nitrogens with zero attached hydrogens (tertiary/aromatic N) is 2. The minimum absolute atomic E-state index is 0.0352. The van der Waals surface area contributed by atoms with E-state index in [1.807, 2.05) is 0 Å². The van der Waals surface area contributed by atoms with Crippen molar-refractivity contribution < 1.29 is 26.4 Å². The maximum Gasteiger partial charge on any atom is 0.416 e. The van der Waals surface area contributed by atoms with Gasteiger partial charge in [0.15, 0.2) is 0 Å². The molecule has 1 amide bonds. The van der Waals surface area contributed by atoms with Crippen LogP contribution in [0.5, 0.6) is 0 Å². The highest BCUT2D eigenvalue weighted by atomic mass is 35.5. The van der Waals surface area contributed by atoms with Crippen molar-refractivity contribution in [1.29, 1.82) is 0 Å². The number of sulfonamides is 1. The number of benzene rings is 3. The van der Waals surface area contributed by atoms with Crippen LogP contribution in [-0.4, -0.2) is 27.1 Å². The van der Waals surface area contributed by atoms with Gasteiger partial charge in [0.1, 0.15) is 6.54 Å². The predicted octanol–water partition coefficient (Wildman–Crippen LogP) is 5.01. The van der Waals surface area contributed by atoms with Crippen LogP contribution in [-0.2, 0) is 21.0 Å². The van der Waals surface area contributed by atoms with E-state index in [0.29, 0.717) is 5.02 Å². The van der Waals surface area contributed by atoms with E-state index < -0.39 is 34.2 Å². The minimum Gasteiger partial charge on any atom is -0.271 e. The van der Waals surface area contributed by atoms with E-state index in [1.165, 1.54) is 36.4 Å². The van der Waals surface area contributed by atoms with E-state index in [4.69, 9.17) is 11.6 Å². The molecule has 3 aromatic carbocycles. The summed E-state index contributed by atoms with van der Waals surface area (Å²) in [4.78, 5) is 12.5. The first-order chi connectivity index (χ1) is 16.0. The van der Waals surface area contributed by atoms with E-state index in [0.717, 1.165) is 28.2 Å². The molecule has 0 radical (unpaired) electrons. The van der Waals surface area contributed by atoms with E-state index in [2.05, 4.69) is 10.5 Å². The molecular weight excluding hydrogens is 491 g/mol. The second-order valence-corrected chi connectivity index (χ2v) is 9.44. The number of carbonyl (C=O) groups is 1. The molecule has 3 rings (SSSR count). The number of carbonyl (C=O) groups excluding carboxylic acids is 1. The van der Waals surface area contributed by atoms with Gasteiger partial charge in [0.05, 0.1) is 22.4 Å². The molecule has 0 fully saturated rings. The third-order valence-electron chi connectivity index (χ3n) is 4.68. The van der Waals surface area contributed by atoms with E-state index in [-0.39, 0.29) is 16.1 Å². The first-order valence-electron chi connectivity index (χ1n) is 9.81. The number of nitrogens with one attached hydrogen (secondary N) is 1. The van der Waals surface area contributed by atoms with E-state index in [9.17, 15) is 26.4 Å². The van der Waals surface area contributed by atoms with Gasteiger partial charge in [-0.1, -0.05) is 48.0 Å². The Labute approximate surface area is 199 Å². The molecule has 0 spiro atoms. The summed E-state index contributed by atoms with van der Waals surface area (Å²) in [5, 5.41) is 3.97. The number of hydrazone groups is 1. The van der Waals surface area contributed by atoms with Gasteiger partial charge in [-0.3, -0.25) is 9.10 Å². The highest BCUT2D eigenvalue weighted by Crippen LogP contribution is 2.29. The van der Waals surface area contributed by atoms with Crippen LogP contribution in [0.25, 0.3) is 0 Å². The Hall–Kier alpha value is -3.37. The van der Waals surface area contributed by atoms with Gasteiger partial charge in [0.25, 0.3) is 15.9 Å². The lowest BCUT2D eigenvalue weighted by atomic mass is 10.1. The number of amides is 1. The maximum atomic E-state index is 13.2. The lowest BCUT2D eigenvalue weighted by Gasteiger charge is -2.24. The van der Waals surface area contributed by atoms with Crippen molar-refractivity contribution in [2.24, 2.45) is 5.10 Å². The van der Waals surface area contributed by atoms with Gasteiger partial charge in [-0.25, -0.2) is 13.8 Å². The van der Waals surface area contributed by atoms with Crippen LogP contribution in [0, 0.1) is 6.92 Å². The summed E-state index contributed by atoms with van der Waals surface area (Å²) in [7, 11) is -4.14. The molecule has 0 atom stereocenters. The van der Waals surface area contributed by atoms with Gasteiger partial charge in [-0.15, -0.1) is 0 Å². The lowest BCUT2D eigenvalue weighted by molar-refractivity contribution is -0.137. The van der Waals surface area contributed by atoms with Crippen molar-refractivity contribution in [2.75, 3.05) is 10.8 Å². The van der Waals surface area contributed by atoms with Crippen molar-refractivity contribution in [1.82, 2.24) is 5.43 Å². The second-order valence-electron chi connectivity index (χ2n) is 7.17. The van der Waals surface area contributed by atoms with Crippen molar-refractivity contribution in [3.63, 3.8) is 0 Å². The molecule has 0 saturated heterocycles. The molecule has 0 unspecified atom stereocenters. The molecule has 1 N–H and O–H groups in total. The third-order valence-corrected chi connectivity index (χ3v) is 6.87. The molecule has 0 aromatic heterocycles. The number of rotatable bonds is 7. The van der Waals surface area contributed by atoms with Crippen LogP contribution in [0.1, 0.15) is 16.7 Å². The Morgan fingerprint density at radius 3 is 2.41 bits per heavy atom. The summed E-state index contributed by atoms with van der Waals surface area (Å²) in [6, 6.07) is 16.5. The topological polar surface area (TPSA) is 78.8 Å². The quantitative estimate of drug-likeness (QED) is 0.359. The first kappa shape index (κ1) is 25.3. The largest absolute Gasteiger partial charge is 0.416 e. The Morgan fingerprint density at radius 1 is 1.06 bits per heavy atom. The average Bonchev–Trinajstić information content (AvgIpc) is 2.79. The van der Waals surface area contributed by atoms with Gasteiger partial charge in [0.2, 0.25) is 0 Å². The molecule has 0 aliphatic rings. The Bertz CT molecular complexity index is 1310. The standard InChI is InChI=1S/C23H19ClF3N3O3S/c1-16-10-11-19(13-21(16)24)30(34(32,33)20-8-3-2-4-9-20)15-22(31)29-28-14-17-6-5-7-18(12-17)23(25,26)27/h2-14H,15H2,1H3,(H,29,31). The molecule has 0 heterocycles.